The van der Waals surface area contributed by atoms with Crippen LogP contribution in [0.1, 0.15) is 31.7 Å². The fourth-order valence-corrected chi connectivity index (χ4v) is 2.74. The van der Waals surface area contributed by atoms with Gasteiger partial charge in [-0.05, 0) is 37.9 Å². The van der Waals surface area contributed by atoms with Crippen molar-refractivity contribution in [3.05, 3.63) is 42.0 Å². The third-order valence-electron chi connectivity index (χ3n) is 4.26. The van der Waals surface area contributed by atoms with Gasteiger partial charge in [-0.2, -0.15) is 0 Å². The molecule has 1 amide bonds. The van der Waals surface area contributed by atoms with E-state index >= 15 is 0 Å². The lowest BCUT2D eigenvalue weighted by molar-refractivity contribution is -0.125. The van der Waals surface area contributed by atoms with Crippen LogP contribution >= 0.6 is 0 Å². The van der Waals surface area contributed by atoms with E-state index in [0.29, 0.717) is 6.04 Å². The lowest BCUT2D eigenvalue weighted by Crippen LogP contribution is -2.42. The van der Waals surface area contributed by atoms with Crippen molar-refractivity contribution >= 4 is 12.0 Å². The molecule has 1 aliphatic heterocycles. The summed E-state index contributed by atoms with van der Waals surface area (Å²) >= 11 is 0. The van der Waals surface area contributed by atoms with Crippen LogP contribution in [0.2, 0.25) is 0 Å². The van der Waals surface area contributed by atoms with E-state index in [2.05, 4.69) is 11.8 Å². The van der Waals surface area contributed by atoms with Crippen molar-refractivity contribution in [1.29, 1.82) is 0 Å². The highest BCUT2D eigenvalue weighted by molar-refractivity contribution is 5.91. The molecule has 2 rings (SSSR count). The summed E-state index contributed by atoms with van der Waals surface area (Å²) in [7, 11) is 1.88. The average Bonchev–Trinajstić information content (AvgIpc) is 2.52. The third-order valence-corrected chi connectivity index (χ3v) is 4.26. The molecule has 0 saturated carbocycles. The summed E-state index contributed by atoms with van der Waals surface area (Å²) in [5.74, 6) is 0.0727. The van der Waals surface area contributed by atoms with E-state index in [-0.39, 0.29) is 5.91 Å². The van der Waals surface area contributed by atoms with Crippen molar-refractivity contribution in [2.45, 2.75) is 32.2 Å². The van der Waals surface area contributed by atoms with E-state index in [1.165, 1.54) is 25.8 Å². The number of nitrogens with zero attached hydrogens (tertiary/aromatic N) is 2. The second-order valence-electron chi connectivity index (χ2n) is 5.88. The van der Waals surface area contributed by atoms with Crippen LogP contribution in [-0.2, 0) is 4.79 Å². The Kier molecular flexibility index (Phi) is 6.00. The van der Waals surface area contributed by atoms with Gasteiger partial charge in [0.1, 0.15) is 0 Å². The number of likely N-dealkylation sites (tertiary alicyclic amines) is 1. The van der Waals surface area contributed by atoms with Gasteiger partial charge in [0.2, 0.25) is 5.91 Å². The molecule has 1 unspecified atom stereocenters. The van der Waals surface area contributed by atoms with Gasteiger partial charge in [-0.3, -0.25) is 9.69 Å². The zero-order valence-electron chi connectivity index (χ0n) is 13.2. The number of benzene rings is 1. The second-order valence-corrected chi connectivity index (χ2v) is 5.88. The first-order valence-electron chi connectivity index (χ1n) is 7.89. The first-order valence-corrected chi connectivity index (χ1v) is 7.89. The van der Waals surface area contributed by atoms with Crippen molar-refractivity contribution < 1.29 is 4.79 Å². The van der Waals surface area contributed by atoms with E-state index in [9.17, 15) is 4.79 Å². The summed E-state index contributed by atoms with van der Waals surface area (Å²) in [6, 6.07) is 10.6. The maximum absolute atomic E-state index is 12.1. The lowest BCUT2D eigenvalue weighted by atomic mass is 10.0. The van der Waals surface area contributed by atoms with E-state index in [0.717, 1.165) is 18.7 Å². The normalized spacial score (nSPS) is 19.8. The van der Waals surface area contributed by atoms with E-state index in [4.69, 9.17) is 0 Å². The number of likely N-dealkylation sites (N-methyl/N-ethyl adjacent to an activating group) is 1. The monoisotopic (exact) mass is 286 g/mol. The van der Waals surface area contributed by atoms with Gasteiger partial charge in [-0.1, -0.05) is 36.8 Å². The zero-order chi connectivity index (χ0) is 15.1. The van der Waals surface area contributed by atoms with Gasteiger partial charge in [0, 0.05) is 32.3 Å². The summed E-state index contributed by atoms with van der Waals surface area (Å²) in [5.41, 5.74) is 1.06. The smallest absolute Gasteiger partial charge is 0.246 e. The summed E-state index contributed by atoms with van der Waals surface area (Å²) < 4.78 is 0. The molecule has 0 radical (unpaired) electrons. The average molecular weight is 286 g/mol. The van der Waals surface area contributed by atoms with Crippen LogP contribution in [0.25, 0.3) is 6.08 Å². The van der Waals surface area contributed by atoms with Gasteiger partial charge in [0.05, 0.1) is 0 Å². The number of amides is 1. The Morgan fingerprint density at radius 2 is 2.10 bits per heavy atom. The van der Waals surface area contributed by atoms with Crippen molar-refractivity contribution in [2.75, 3.05) is 26.7 Å². The molecule has 3 nitrogen and oxygen atoms in total. The summed E-state index contributed by atoms with van der Waals surface area (Å²) in [4.78, 5) is 16.4. The van der Waals surface area contributed by atoms with Crippen LogP contribution in [0, 0.1) is 0 Å². The molecule has 0 spiro atoms. The molecule has 1 aromatic rings. The summed E-state index contributed by atoms with van der Waals surface area (Å²) in [6.45, 7) is 5.23. The Hall–Kier alpha value is -1.61. The molecule has 0 aromatic heterocycles. The van der Waals surface area contributed by atoms with Gasteiger partial charge < -0.3 is 4.90 Å². The highest BCUT2D eigenvalue weighted by Crippen LogP contribution is 2.15. The Balaban J connectivity index is 1.78. The Labute approximate surface area is 128 Å². The number of rotatable bonds is 5. The van der Waals surface area contributed by atoms with Gasteiger partial charge in [-0.25, -0.2) is 0 Å². The van der Waals surface area contributed by atoms with Gasteiger partial charge in [0.25, 0.3) is 0 Å². The Morgan fingerprint density at radius 1 is 1.33 bits per heavy atom. The van der Waals surface area contributed by atoms with Crippen molar-refractivity contribution in [3.63, 3.8) is 0 Å². The third kappa shape index (κ3) is 5.01. The molecule has 1 atom stereocenters. The molecule has 0 bridgehead atoms. The number of hydrogen-bond acceptors (Lipinski definition) is 2. The maximum atomic E-state index is 12.1. The second kappa shape index (κ2) is 7.99. The van der Waals surface area contributed by atoms with Crippen LogP contribution in [0.5, 0.6) is 0 Å². The van der Waals surface area contributed by atoms with Gasteiger partial charge in [0.15, 0.2) is 0 Å². The molecular formula is C18H26N2O. The van der Waals surface area contributed by atoms with Gasteiger partial charge >= 0.3 is 0 Å². The summed E-state index contributed by atoms with van der Waals surface area (Å²) in [6.07, 6.45) is 7.45. The van der Waals surface area contributed by atoms with Crippen LogP contribution in [0.3, 0.4) is 0 Å². The van der Waals surface area contributed by atoms with E-state index in [1.54, 1.807) is 11.0 Å². The molecule has 0 aliphatic carbocycles. The standard InChI is InChI=1S/C18H26N2O/c1-16-8-6-7-13-20(16)15-14-19(2)18(21)12-11-17-9-4-3-5-10-17/h3-5,9-12,16H,6-8,13-15H2,1-2H3/b12-11+. The molecule has 0 N–H and O–H groups in total. The Bertz CT molecular complexity index is 469. The van der Waals surface area contributed by atoms with Crippen molar-refractivity contribution in [1.82, 2.24) is 9.80 Å². The van der Waals surface area contributed by atoms with Gasteiger partial charge in [-0.15, -0.1) is 0 Å². The Morgan fingerprint density at radius 3 is 2.81 bits per heavy atom. The highest BCUT2D eigenvalue weighted by atomic mass is 16.2. The fraction of sp³-hybridized carbons (Fsp3) is 0.500. The minimum absolute atomic E-state index is 0.0727. The number of carbonyl (C=O) groups is 1. The minimum atomic E-state index is 0.0727. The van der Waals surface area contributed by atoms with Crippen molar-refractivity contribution in [2.24, 2.45) is 0 Å². The fourth-order valence-electron chi connectivity index (χ4n) is 2.74. The molecule has 1 saturated heterocycles. The lowest BCUT2D eigenvalue weighted by Gasteiger charge is -2.34. The van der Waals surface area contributed by atoms with Crippen LogP contribution in [-0.4, -0.2) is 48.4 Å². The molecule has 3 heteroatoms. The zero-order valence-corrected chi connectivity index (χ0v) is 13.2. The topological polar surface area (TPSA) is 23.6 Å². The van der Waals surface area contributed by atoms with Crippen molar-refractivity contribution in [3.8, 4) is 0 Å². The number of hydrogen-bond donors (Lipinski definition) is 0. The first-order chi connectivity index (χ1) is 10.2. The predicted molar refractivity (Wildman–Crippen MR) is 88.0 cm³/mol. The van der Waals surface area contributed by atoms with Crippen LogP contribution in [0.4, 0.5) is 0 Å². The molecule has 1 aromatic carbocycles. The minimum Gasteiger partial charge on any atom is -0.341 e. The molecule has 1 aliphatic rings. The number of carbonyl (C=O) groups excluding carboxylic acids is 1. The molecule has 1 heterocycles. The van der Waals surface area contributed by atoms with E-state index < -0.39 is 0 Å². The quantitative estimate of drug-likeness (QED) is 0.777. The molecule has 21 heavy (non-hydrogen) atoms. The highest BCUT2D eigenvalue weighted by Gasteiger charge is 2.18. The maximum Gasteiger partial charge on any atom is 0.246 e. The predicted octanol–water partition coefficient (Wildman–Crippen LogP) is 3.03. The molecular weight excluding hydrogens is 260 g/mol. The first kappa shape index (κ1) is 15.8. The largest absolute Gasteiger partial charge is 0.341 e. The number of piperidine rings is 1. The van der Waals surface area contributed by atoms with E-state index in [1.807, 2.05) is 43.5 Å². The molecule has 114 valence electrons. The SMILES string of the molecule is CC1CCCCN1CCN(C)C(=O)/C=C/c1ccccc1. The summed E-state index contributed by atoms with van der Waals surface area (Å²) in [5, 5.41) is 0. The van der Waals surface area contributed by atoms with Crippen LogP contribution in [0.15, 0.2) is 36.4 Å². The molecule has 1 fully saturated rings. The van der Waals surface area contributed by atoms with Crippen LogP contribution < -0.4 is 0 Å².